The molecule has 208 valence electrons. The number of benzene rings is 5. The molecule has 45 heavy (non-hydrogen) atoms. The molecule has 1 aliphatic rings. The number of nitrogens with zero attached hydrogens (tertiary/aromatic N) is 4. The van der Waals surface area contributed by atoms with Crippen LogP contribution < -0.4 is 0 Å². The van der Waals surface area contributed by atoms with E-state index >= 15 is 0 Å². The Bertz CT molecular complexity index is 2790. The molecule has 0 N–H and O–H groups in total. The minimum atomic E-state index is 0.607. The lowest BCUT2D eigenvalue weighted by Crippen LogP contribution is -2.03. The molecule has 4 heterocycles. The summed E-state index contributed by atoms with van der Waals surface area (Å²) >= 11 is 0. The average molecular weight is 575 g/mol. The molecule has 0 bridgehead atoms. The molecule has 0 spiro atoms. The number of aromatic nitrogens is 4. The summed E-state index contributed by atoms with van der Waals surface area (Å²) in [6.07, 6.45) is 5.94. The Hall–Kier alpha value is -6.38. The van der Waals surface area contributed by atoms with E-state index in [1.165, 1.54) is 21.5 Å². The number of furan rings is 1. The molecule has 0 amide bonds. The summed E-state index contributed by atoms with van der Waals surface area (Å²) in [5, 5.41) is 5.65. The largest absolute Gasteiger partial charge is 0.452 e. The highest BCUT2D eigenvalue weighted by Gasteiger charge is 2.22. The van der Waals surface area contributed by atoms with E-state index in [0.717, 1.165) is 55.5 Å². The topological polar surface area (TPSA) is 48.8 Å². The zero-order valence-corrected chi connectivity index (χ0v) is 23.9. The maximum atomic E-state index is 6.52. The zero-order valence-electron chi connectivity index (χ0n) is 23.9. The molecule has 5 heteroatoms. The zero-order chi connectivity index (χ0) is 29.5. The molecule has 0 aliphatic heterocycles. The van der Waals surface area contributed by atoms with Gasteiger partial charge in [-0.25, -0.2) is 9.97 Å². The highest BCUT2D eigenvalue weighted by Crippen LogP contribution is 2.39. The molecule has 5 aromatic carbocycles. The van der Waals surface area contributed by atoms with Crippen LogP contribution in [0.1, 0.15) is 0 Å². The highest BCUT2D eigenvalue weighted by atomic mass is 16.3. The van der Waals surface area contributed by atoms with Crippen molar-refractivity contribution in [2.24, 2.45) is 0 Å². The van der Waals surface area contributed by atoms with Crippen molar-refractivity contribution in [3.05, 3.63) is 145 Å². The second kappa shape index (κ2) is 9.06. The number of para-hydroxylation sites is 4. The second-order valence-corrected chi connectivity index (χ2v) is 11.3. The Balaban J connectivity index is 1.32. The first-order valence-corrected chi connectivity index (χ1v) is 14.9. The summed E-state index contributed by atoms with van der Waals surface area (Å²) in [4.78, 5) is 10.5. The normalized spacial score (nSPS) is 12.9. The van der Waals surface area contributed by atoms with Crippen LogP contribution in [0.3, 0.4) is 0 Å². The molecular weight excluding hydrogens is 552 g/mol. The van der Waals surface area contributed by atoms with Crippen molar-refractivity contribution in [3.63, 3.8) is 0 Å². The molecule has 0 radical (unpaired) electrons. The average Bonchev–Trinajstić information content (AvgIpc) is 3.76. The van der Waals surface area contributed by atoms with Crippen molar-refractivity contribution in [2.45, 2.75) is 0 Å². The molecular formula is C40H22N4O. The number of hydrogen-bond acceptors (Lipinski definition) is 3. The van der Waals surface area contributed by atoms with Gasteiger partial charge in [0, 0.05) is 38.6 Å². The summed E-state index contributed by atoms with van der Waals surface area (Å²) in [5.41, 5.74) is 15.5. The molecule has 0 fully saturated rings. The predicted octanol–water partition coefficient (Wildman–Crippen LogP) is 9.97. The first kappa shape index (κ1) is 24.1. The summed E-state index contributed by atoms with van der Waals surface area (Å²) in [7, 11) is 0. The highest BCUT2D eigenvalue weighted by molar-refractivity contribution is 6.13. The van der Waals surface area contributed by atoms with Crippen LogP contribution in [0.5, 0.6) is 0 Å². The molecule has 0 unspecified atom stereocenters. The van der Waals surface area contributed by atoms with Crippen molar-refractivity contribution in [3.8, 4) is 17.2 Å². The quantitative estimate of drug-likeness (QED) is 0.197. The minimum absolute atomic E-state index is 0.607. The molecule has 5 nitrogen and oxygen atoms in total. The Morgan fingerprint density at radius 1 is 0.556 bits per heavy atom. The molecule has 1 aliphatic carbocycles. The lowest BCUT2D eigenvalue weighted by atomic mass is 10.1. The Labute approximate surface area is 256 Å². The number of hydrogen-bond donors (Lipinski definition) is 0. The summed E-state index contributed by atoms with van der Waals surface area (Å²) in [6, 6.07) is 40.0. The third-order valence-corrected chi connectivity index (χ3v) is 8.83. The third-order valence-electron chi connectivity index (χ3n) is 8.83. The SMILES string of the molecule is C1=C=CC(n2c3ccccc3c3ccc(-c4nc(-n5c6ccccc6c6ccccc65)nc5c4oc4ccccc45)cc32)=CC=1. The fraction of sp³-hybridized carbons (Fsp3) is 0. The number of rotatable bonds is 3. The van der Waals surface area contributed by atoms with E-state index in [0.29, 0.717) is 11.5 Å². The molecule has 9 aromatic rings. The van der Waals surface area contributed by atoms with Gasteiger partial charge in [-0.3, -0.25) is 4.57 Å². The Kier molecular flexibility index (Phi) is 4.85. The smallest absolute Gasteiger partial charge is 0.236 e. The van der Waals surface area contributed by atoms with E-state index in [1.807, 2.05) is 30.4 Å². The van der Waals surface area contributed by atoms with Crippen LogP contribution in [0.15, 0.2) is 149 Å². The van der Waals surface area contributed by atoms with Gasteiger partial charge in [0.15, 0.2) is 5.58 Å². The van der Waals surface area contributed by atoms with Gasteiger partial charge in [0.2, 0.25) is 5.95 Å². The van der Waals surface area contributed by atoms with Gasteiger partial charge >= 0.3 is 0 Å². The van der Waals surface area contributed by atoms with E-state index in [2.05, 4.69) is 124 Å². The van der Waals surface area contributed by atoms with Crippen LogP contribution in [0.2, 0.25) is 0 Å². The van der Waals surface area contributed by atoms with E-state index in [4.69, 9.17) is 14.4 Å². The van der Waals surface area contributed by atoms with Gasteiger partial charge in [0.25, 0.3) is 0 Å². The van der Waals surface area contributed by atoms with Crippen LogP contribution in [0.25, 0.3) is 88.6 Å². The van der Waals surface area contributed by atoms with Crippen molar-refractivity contribution < 1.29 is 4.42 Å². The van der Waals surface area contributed by atoms with Crippen LogP contribution in [-0.4, -0.2) is 19.1 Å². The monoisotopic (exact) mass is 574 g/mol. The second-order valence-electron chi connectivity index (χ2n) is 11.3. The van der Waals surface area contributed by atoms with E-state index in [-0.39, 0.29) is 0 Å². The van der Waals surface area contributed by atoms with Crippen molar-refractivity contribution in [1.29, 1.82) is 0 Å². The van der Waals surface area contributed by atoms with E-state index < -0.39 is 0 Å². The molecule has 10 rings (SSSR count). The molecule has 0 atom stereocenters. The summed E-state index contributed by atoms with van der Waals surface area (Å²) in [5.74, 6) is 0.607. The Morgan fingerprint density at radius 3 is 1.87 bits per heavy atom. The van der Waals surface area contributed by atoms with Crippen molar-refractivity contribution in [2.75, 3.05) is 0 Å². The van der Waals surface area contributed by atoms with Gasteiger partial charge in [0.1, 0.15) is 16.8 Å². The van der Waals surface area contributed by atoms with Crippen LogP contribution in [0.4, 0.5) is 0 Å². The maximum absolute atomic E-state index is 6.52. The summed E-state index contributed by atoms with van der Waals surface area (Å²) < 4.78 is 11.0. The lowest BCUT2D eigenvalue weighted by molar-refractivity contribution is 0.666. The number of fused-ring (bicyclic) bond motifs is 9. The lowest BCUT2D eigenvalue weighted by Gasteiger charge is -2.11. The van der Waals surface area contributed by atoms with E-state index in [1.54, 1.807) is 0 Å². The van der Waals surface area contributed by atoms with Gasteiger partial charge in [-0.1, -0.05) is 90.3 Å². The van der Waals surface area contributed by atoms with Crippen molar-refractivity contribution >= 4 is 71.4 Å². The maximum Gasteiger partial charge on any atom is 0.236 e. The van der Waals surface area contributed by atoms with Crippen LogP contribution >= 0.6 is 0 Å². The van der Waals surface area contributed by atoms with Crippen LogP contribution in [-0.2, 0) is 0 Å². The van der Waals surface area contributed by atoms with Gasteiger partial charge in [-0.05, 0) is 48.6 Å². The number of allylic oxidation sites excluding steroid dienone is 4. The third kappa shape index (κ3) is 3.39. The standard InChI is InChI=1S/C40H22N4O/c1-2-12-26(13-3-1)43-32-18-8-4-16-29(32)30-23-22-25(24-35(30)43)37-39-38(31-17-7-11-21-36(31)45-39)42-40(41-37)44-33-19-9-5-14-27(33)28-15-6-10-20-34(28)44/h2,4-24H. The van der Waals surface area contributed by atoms with Crippen LogP contribution in [0, 0.1) is 0 Å². The Morgan fingerprint density at radius 2 is 1.18 bits per heavy atom. The van der Waals surface area contributed by atoms with E-state index in [9.17, 15) is 0 Å². The fourth-order valence-corrected chi connectivity index (χ4v) is 6.89. The first-order valence-electron chi connectivity index (χ1n) is 14.9. The molecule has 0 saturated heterocycles. The summed E-state index contributed by atoms with van der Waals surface area (Å²) in [6.45, 7) is 0. The van der Waals surface area contributed by atoms with Gasteiger partial charge in [-0.2, -0.15) is 0 Å². The predicted molar refractivity (Wildman–Crippen MR) is 183 cm³/mol. The van der Waals surface area contributed by atoms with Crippen molar-refractivity contribution in [1.82, 2.24) is 19.1 Å². The molecule has 0 saturated carbocycles. The van der Waals surface area contributed by atoms with Gasteiger partial charge in [-0.15, -0.1) is 0 Å². The first-order chi connectivity index (χ1) is 22.3. The van der Waals surface area contributed by atoms with Gasteiger partial charge < -0.3 is 8.98 Å². The van der Waals surface area contributed by atoms with Gasteiger partial charge in [0.05, 0.1) is 27.8 Å². The molecule has 4 aromatic heterocycles. The fourth-order valence-electron chi connectivity index (χ4n) is 6.89. The minimum Gasteiger partial charge on any atom is -0.452 e.